The number of rotatable bonds is 9. The fraction of sp³-hybridized carbons (Fsp3) is 0.192. The molecule has 1 aliphatic heterocycles. The normalized spacial score (nSPS) is 16.9. The Kier molecular flexibility index (Phi) is 7.17. The number of nitrogens with zero attached hydrogens (tertiary/aromatic N) is 2. The van der Waals surface area contributed by atoms with Gasteiger partial charge in [0.15, 0.2) is 16.6 Å². The minimum atomic E-state index is -0.920. The van der Waals surface area contributed by atoms with E-state index < -0.39 is 17.7 Å². The number of methoxy groups -OCH3 is 1. The molecule has 0 radical (unpaired) electrons. The zero-order chi connectivity index (χ0) is 24.9. The maximum Gasteiger partial charge on any atom is 0.301 e. The van der Waals surface area contributed by atoms with E-state index in [0.717, 1.165) is 0 Å². The minimum absolute atomic E-state index is 0.0439. The summed E-state index contributed by atoms with van der Waals surface area (Å²) >= 11 is 1.22. The largest absolute Gasteiger partial charge is 0.507 e. The molecule has 0 aliphatic carbocycles. The van der Waals surface area contributed by atoms with Crippen LogP contribution in [-0.2, 0) is 9.59 Å². The highest BCUT2D eigenvalue weighted by molar-refractivity contribution is 7.14. The molecule has 35 heavy (non-hydrogen) atoms. The summed E-state index contributed by atoms with van der Waals surface area (Å²) in [7, 11) is 1.53. The number of hydrogen-bond acceptors (Lipinski definition) is 8. The highest BCUT2D eigenvalue weighted by Gasteiger charge is 2.48. The third-order valence-electron chi connectivity index (χ3n) is 5.37. The van der Waals surface area contributed by atoms with Gasteiger partial charge < -0.3 is 19.3 Å². The summed E-state index contributed by atoms with van der Waals surface area (Å²) in [5.41, 5.74) is 0.894. The van der Waals surface area contributed by atoms with Crippen molar-refractivity contribution in [2.45, 2.75) is 13.0 Å². The van der Waals surface area contributed by atoms with Gasteiger partial charge >= 0.3 is 5.91 Å². The van der Waals surface area contributed by atoms with E-state index >= 15 is 0 Å². The van der Waals surface area contributed by atoms with Crippen LogP contribution in [0.4, 0.5) is 5.13 Å². The van der Waals surface area contributed by atoms with Crippen LogP contribution in [0.5, 0.6) is 17.2 Å². The fourth-order valence-electron chi connectivity index (χ4n) is 3.82. The molecule has 1 atom stereocenters. The number of ketones is 1. The smallest absolute Gasteiger partial charge is 0.301 e. The van der Waals surface area contributed by atoms with Crippen LogP contribution in [-0.4, -0.2) is 42.1 Å². The molecule has 0 spiro atoms. The van der Waals surface area contributed by atoms with Gasteiger partial charge in [-0.3, -0.25) is 14.5 Å². The van der Waals surface area contributed by atoms with E-state index in [2.05, 4.69) is 11.6 Å². The number of benzene rings is 2. The first-order valence-corrected chi connectivity index (χ1v) is 11.7. The molecule has 0 bridgehead atoms. The van der Waals surface area contributed by atoms with Crippen molar-refractivity contribution >= 4 is 33.9 Å². The summed E-state index contributed by atoms with van der Waals surface area (Å²) in [6, 6.07) is 10.8. The Morgan fingerprint density at radius 2 is 1.94 bits per heavy atom. The average molecular weight is 493 g/mol. The van der Waals surface area contributed by atoms with Crippen LogP contribution < -0.4 is 19.1 Å². The predicted molar refractivity (Wildman–Crippen MR) is 133 cm³/mol. The fourth-order valence-corrected chi connectivity index (χ4v) is 4.48. The Balaban J connectivity index is 1.89. The Morgan fingerprint density at radius 3 is 2.57 bits per heavy atom. The lowest BCUT2D eigenvalue weighted by molar-refractivity contribution is -0.132. The van der Waals surface area contributed by atoms with Crippen LogP contribution in [0.15, 0.2) is 72.3 Å². The van der Waals surface area contributed by atoms with Crippen molar-refractivity contribution < 1.29 is 28.9 Å². The molecular weight excluding hydrogens is 468 g/mol. The van der Waals surface area contributed by atoms with Crippen LogP contribution in [0.2, 0.25) is 0 Å². The summed E-state index contributed by atoms with van der Waals surface area (Å²) in [4.78, 5) is 31.9. The number of amides is 1. The van der Waals surface area contributed by atoms with Gasteiger partial charge in [0.05, 0.1) is 25.3 Å². The molecule has 1 amide bonds. The summed E-state index contributed by atoms with van der Waals surface area (Å²) in [6.07, 6.45) is 3.17. The van der Waals surface area contributed by atoms with Gasteiger partial charge in [0.25, 0.3) is 5.78 Å². The maximum atomic E-state index is 13.2. The number of ether oxygens (including phenoxy) is 3. The second kappa shape index (κ2) is 10.4. The third-order valence-corrected chi connectivity index (χ3v) is 6.14. The van der Waals surface area contributed by atoms with Gasteiger partial charge in [0, 0.05) is 17.1 Å². The molecule has 2 heterocycles. The topological polar surface area (TPSA) is 98.2 Å². The Hall–Kier alpha value is -4.11. The van der Waals surface area contributed by atoms with E-state index in [0.29, 0.717) is 40.1 Å². The highest BCUT2D eigenvalue weighted by atomic mass is 32.1. The predicted octanol–water partition coefficient (Wildman–Crippen LogP) is 4.74. The van der Waals surface area contributed by atoms with Gasteiger partial charge in [-0.15, -0.1) is 11.3 Å². The number of hydrogen-bond donors (Lipinski definition) is 1. The van der Waals surface area contributed by atoms with E-state index in [-0.39, 0.29) is 17.9 Å². The quantitative estimate of drug-likeness (QED) is 0.199. The molecule has 3 aromatic rings. The third kappa shape index (κ3) is 4.63. The summed E-state index contributed by atoms with van der Waals surface area (Å²) in [6.45, 7) is 6.17. The van der Waals surface area contributed by atoms with Crippen LogP contribution >= 0.6 is 11.3 Å². The van der Waals surface area contributed by atoms with Crippen LogP contribution in [0, 0.1) is 0 Å². The van der Waals surface area contributed by atoms with Gasteiger partial charge in [-0.1, -0.05) is 18.7 Å². The number of aliphatic hydroxyl groups is 1. The molecule has 1 aliphatic rings. The standard InChI is InChI=1S/C26H24N2O6S/c1-4-13-34-19-11-8-17(15-20(19)33-5-2)22-21(23(29)16-6-9-18(32-3)10-7-16)24(30)25(31)28(22)26-27-12-14-35-26/h4,6-12,14-15,22,29H,1,5,13H2,2-3H3. The van der Waals surface area contributed by atoms with Crippen molar-refractivity contribution in [3.05, 3.63) is 83.4 Å². The van der Waals surface area contributed by atoms with Crippen molar-refractivity contribution in [1.29, 1.82) is 0 Å². The number of carbonyl (C=O) groups is 2. The molecule has 2 aromatic carbocycles. The van der Waals surface area contributed by atoms with E-state index in [4.69, 9.17) is 14.2 Å². The number of Topliss-reactive ketones (excluding diaryl/α,β-unsaturated/α-hetero) is 1. The minimum Gasteiger partial charge on any atom is -0.507 e. The van der Waals surface area contributed by atoms with Gasteiger partial charge in [0.1, 0.15) is 18.1 Å². The van der Waals surface area contributed by atoms with Crippen molar-refractivity contribution in [3.63, 3.8) is 0 Å². The first-order chi connectivity index (χ1) is 17.0. The van der Waals surface area contributed by atoms with E-state index in [1.807, 2.05) is 6.92 Å². The first kappa shape index (κ1) is 24.0. The van der Waals surface area contributed by atoms with E-state index in [1.165, 1.54) is 23.3 Å². The molecule has 180 valence electrons. The number of carbonyl (C=O) groups excluding carboxylic acids is 2. The zero-order valence-corrected chi connectivity index (χ0v) is 20.1. The second-order valence-corrected chi connectivity index (χ2v) is 8.32. The maximum absolute atomic E-state index is 13.2. The number of thiazole rings is 1. The zero-order valence-electron chi connectivity index (χ0n) is 19.3. The molecule has 1 fully saturated rings. The molecule has 4 rings (SSSR count). The Labute approximate surface area is 206 Å². The summed E-state index contributed by atoms with van der Waals surface area (Å²) < 4.78 is 16.6. The molecule has 1 unspecified atom stereocenters. The second-order valence-electron chi connectivity index (χ2n) is 7.45. The van der Waals surface area contributed by atoms with Crippen LogP contribution in [0.25, 0.3) is 5.76 Å². The van der Waals surface area contributed by atoms with E-state index in [9.17, 15) is 14.7 Å². The molecule has 8 nitrogen and oxygen atoms in total. The lowest BCUT2D eigenvalue weighted by Gasteiger charge is -2.24. The Bertz CT molecular complexity index is 1270. The van der Waals surface area contributed by atoms with E-state index in [1.54, 1.807) is 60.1 Å². The first-order valence-electron chi connectivity index (χ1n) is 10.9. The Morgan fingerprint density at radius 1 is 1.17 bits per heavy atom. The molecular formula is C26H24N2O6S. The molecule has 1 aromatic heterocycles. The van der Waals surface area contributed by atoms with Crippen molar-refractivity contribution in [3.8, 4) is 17.2 Å². The monoisotopic (exact) mass is 492 g/mol. The summed E-state index contributed by atoms with van der Waals surface area (Å²) in [5.74, 6) is -0.330. The molecule has 1 saturated heterocycles. The SMILES string of the molecule is C=CCOc1ccc(C2C(=C(O)c3ccc(OC)cc3)C(=O)C(=O)N2c2nccs2)cc1OCC. The lowest BCUT2D eigenvalue weighted by Crippen LogP contribution is -2.29. The van der Waals surface area contributed by atoms with Crippen molar-refractivity contribution in [2.75, 3.05) is 25.2 Å². The summed E-state index contributed by atoms with van der Waals surface area (Å²) in [5, 5.41) is 13.3. The molecule has 0 saturated carbocycles. The van der Waals surface area contributed by atoms with Gasteiger partial charge in [-0.25, -0.2) is 4.98 Å². The average Bonchev–Trinajstić information content (AvgIpc) is 3.49. The van der Waals surface area contributed by atoms with Crippen molar-refractivity contribution in [2.24, 2.45) is 0 Å². The highest BCUT2D eigenvalue weighted by Crippen LogP contribution is 2.44. The lowest BCUT2D eigenvalue weighted by atomic mass is 9.95. The van der Waals surface area contributed by atoms with Crippen molar-refractivity contribution in [1.82, 2.24) is 4.98 Å². The molecule has 1 N–H and O–H groups in total. The number of anilines is 1. The van der Waals surface area contributed by atoms with Crippen LogP contribution in [0.1, 0.15) is 24.1 Å². The van der Waals surface area contributed by atoms with Gasteiger partial charge in [-0.05, 0) is 48.9 Å². The number of aliphatic hydroxyl groups excluding tert-OH is 1. The van der Waals surface area contributed by atoms with Gasteiger partial charge in [-0.2, -0.15) is 0 Å². The number of aromatic nitrogens is 1. The van der Waals surface area contributed by atoms with Crippen LogP contribution in [0.3, 0.4) is 0 Å². The molecule has 9 heteroatoms. The van der Waals surface area contributed by atoms with Gasteiger partial charge in [0.2, 0.25) is 0 Å².